The Balaban J connectivity index is 2.25. The molecule has 0 spiro atoms. The summed E-state index contributed by atoms with van der Waals surface area (Å²) in [4.78, 5) is 0.0333. The van der Waals surface area contributed by atoms with Crippen molar-refractivity contribution >= 4 is 21.4 Å². The summed E-state index contributed by atoms with van der Waals surface area (Å²) in [5, 5.41) is 8.31. The third kappa shape index (κ3) is 2.98. The minimum atomic E-state index is -3.72. The minimum Gasteiger partial charge on any atom is -0.399 e. The van der Waals surface area contributed by atoms with Crippen molar-refractivity contribution in [2.24, 2.45) is 5.14 Å². The van der Waals surface area contributed by atoms with Crippen LogP contribution in [0.4, 0.5) is 11.4 Å². The molecule has 0 atom stereocenters. The maximum Gasteiger partial charge on any atom is 0.238 e. The van der Waals surface area contributed by atoms with Gasteiger partial charge in [-0.25, -0.2) is 13.6 Å². The topological polar surface area (TPSA) is 98.2 Å². The first-order valence-electron chi connectivity index (χ1n) is 5.30. The Kier molecular flexibility index (Phi) is 3.08. The summed E-state index contributed by atoms with van der Waals surface area (Å²) in [7, 11) is -3.72. The largest absolute Gasteiger partial charge is 0.399 e. The van der Waals surface area contributed by atoms with Crippen molar-refractivity contribution < 1.29 is 8.42 Å². The van der Waals surface area contributed by atoms with E-state index in [4.69, 9.17) is 10.9 Å². The summed E-state index contributed by atoms with van der Waals surface area (Å²) < 4.78 is 22.5. The van der Waals surface area contributed by atoms with E-state index in [0.29, 0.717) is 17.4 Å². The van der Waals surface area contributed by atoms with Crippen LogP contribution in [0.3, 0.4) is 0 Å². The number of sulfonamides is 1. The smallest absolute Gasteiger partial charge is 0.238 e. The highest BCUT2D eigenvalue weighted by atomic mass is 32.2. The first kappa shape index (κ1) is 11.9. The van der Waals surface area contributed by atoms with Gasteiger partial charge in [-0.3, -0.25) is 0 Å². The molecule has 17 heavy (non-hydrogen) atoms. The molecule has 1 aromatic carbocycles. The zero-order valence-corrected chi connectivity index (χ0v) is 10.1. The molecule has 0 bridgehead atoms. The summed E-state index contributed by atoms with van der Waals surface area (Å²) >= 11 is 0. The van der Waals surface area contributed by atoms with Gasteiger partial charge in [0.2, 0.25) is 10.0 Å². The van der Waals surface area contributed by atoms with E-state index in [2.05, 4.69) is 17.5 Å². The van der Waals surface area contributed by atoms with Gasteiger partial charge in [0.05, 0.1) is 4.90 Å². The van der Waals surface area contributed by atoms with Crippen LogP contribution in [-0.2, 0) is 10.0 Å². The Morgan fingerprint density at radius 3 is 2.41 bits per heavy atom. The third-order valence-electron chi connectivity index (χ3n) is 2.64. The Bertz CT molecular complexity index is 544. The van der Waals surface area contributed by atoms with E-state index in [1.165, 1.54) is 12.1 Å². The van der Waals surface area contributed by atoms with Crippen LogP contribution in [-0.4, -0.2) is 14.5 Å². The van der Waals surface area contributed by atoms with Gasteiger partial charge in [0, 0.05) is 17.4 Å². The molecule has 2 rings (SSSR count). The number of nitrogens with one attached hydrogen (secondary N) is 1. The maximum absolute atomic E-state index is 11.3. The van der Waals surface area contributed by atoms with Gasteiger partial charge in [-0.15, -0.1) is 0 Å². The summed E-state index contributed by atoms with van der Waals surface area (Å²) in [6, 6.07) is 4.86. The van der Waals surface area contributed by atoms with Crippen LogP contribution in [0.25, 0.3) is 0 Å². The molecule has 1 aliphatic carbocycles. The molecule has 5 N–H and O–H groups in total. The number of primary sulfonamides is 1. The van der Waals surface area contributed by atoms with Crippen molar-refractivity contribution in [1.82, 2.24) is 0 Å². The molecule has 0 amide bonds. The molecule has 92 valence electrons. The van der Waals surface area contributed by atoms with E-state index < -0.39 is 10.0 Å². The van der Waals surface area contributed by atoms with Gasteiger partial charge in [0.1, 0.15) is 0 Å². The second-order valence-electron chi connectivity index (χ2n) is 4.12. The Morgan fingerprint density at radius 1 is 1.18 bits per heavy atom. The zero-order chi connectivity index (χ0) is 12.5. The monoisotopic (exact) mass is 253 g/mol. The fourth-order valence-corrected chi connectivity index (χ4v) is 2.43. The standard InChI is InChI=1S/C11H15N3O2S/c12-8-5-10(14-9-3-1-2-4-9)7-11(6-8)17(13,15)16/h1-2,5-7,9,14H,3-4,12H2,(H2,13,15,16). The van der Waals surface area contributed by atoms with E-state index in [1.54, 1.807) is 6.07 Å². The van der Waals surface area contributed by atoms with Gasteiger partial charge in [-0.1, -0.05) is 12.2 Å². The highest BCUT2D eigenvalue weighted by Crippen LogP contribution is 2.22. The fraction of sp³-hybridized carbons (Fsp3) is 0.273. The maximum atomic E-state index is 11.3. The Hall–Kier alpha value is -1.53. The van der Waals surface area contributed by atoms with E-state index in [9.17, 15) is 8.42 Å². The molecular formula is C11H15N3O2S. The predicted molar refractivity (Wildman–Crippen MR) is 68.0 cm³/mol. The third-order valence-corrected chi connectivity index (χ3v) is 3.53. The number of hydrogen-bond acceptors (Lipinski definition) is 4. The van der Waals surface area contributed by atoms with Crippen molar-refractivity contribution in [3.63, 3.8) is 0 Å². The molecule has 5 nitrogen and oxygen atoms in total. The van der Waals surface area contributed by atoms with Crippen LogP contribution in [0.15, 0.2) is 35.2 Å². The number of nitrogens with two attached hydrogens (primary N) is 2. The molecular weight excluding hydrogens is 238 g/mol. The normalized spacial score (nSPS) is 16.3. The van der Waals surface area contributed by atoms with E-state index in [0.717, 1.165) is 12.8 Å². The fourth-order valence-electron chi connectivity index (χ4n) is 1.84. The predicted octanol–water partition coefficient (Wildman–Crippen LogP) is 1.05. The summed E-state index contributed by atoms with van der Waals surface area (Å²) in [6.45, 7) is 0. The van der Waals surface area contributed by atoms with Crippen LogP contribution in [0.1, 0.15) is 12.8 Å². The lowest BCUT2D eigenvalue weighted by Gasteiger charge is -2.14. The van der Waals surface area contributed by atoms with Gasteiger partial charge in [0.25, 0.3) is 0 Å². The molecule has 0 unspecified atom stereocenters. The minimum absolute atomic E-state index is 0.0333. The molecule has 0 heterocycles. The average molecular weight is 253 g/mol. The SMILES string of the molecule is Nc1cc(NC2CC=CC2)cc(S(N)(=O)=O)c1. The van der Waals surface area contributed by atoms with Gasteiger partial charge >= 0.3 is 0 Å². The first-order chi connectivity index (χ1) is 7.95. The van der Waals surface area contributed by atoms with Crippen molar-refractivity contribution in [2.75, 3.05) is 11.1 Å². The van der Waals surface area contributed by atoms with Crippen molar-refractivity contribution in [3.05, 3.63) is 30.4 Å². The molecule has 0 saturated carbocycles. The van der Waals surface area contributed by atoms with Crippen LogP contribution in [0.2, 0.25) is 0 Å². The number of anilines is 2. The molecule has 0 fully saturated rings. The molecule has 0 aromatic heterocycles. The first-order valence-corrected chi connectivity index (χ1v) is 6.85. The van der Waals surface area contributed by atoms with Crippen LogP contribution < -0.4 is 16.2 Å². The molecule has 1 aliphatic rings. The highest BCUT2D eigenvalue weighted by Gasteiger charge is 2.13. The average Bonchev–Trinajstić information content (AvgIpc) is 2.68. The number of hydrogen-bond donors (Lipinski definition) is 3. The lowest BCUT2D eigenvalue weighted by Crippen LogP contribution is -2.17. The van der Waals surface area contributed by atoms with Crippen molar-refractivity contribution in [3.8, 4) is 0 Å². The van der Waals surface area contributed by atoms with Gasteiger partial charge in [-0.2, -0.15) is 0 Å². The molecule has 1 aromatic rings. The second kappa shape index (κ2) is 4.38. The van der Waals surface area contributed by atoms with Crippen LogP contribution in [0, 0.1) is 0 Å². The highest BCUT2D eigenvalue weighted by molar-refractivity contribution is 7.89. The molecule has 0 radical (unpaired) electrons. The summed E-state index contributed by atoms with van der Waals surface area (Å²) in [5.41, 5.74) is 6.72. The Morgan fingerprint density at radius 2 is 1.82 bits per heavy atom. The van der Waals surface area contributed by atoms with Gasteiger partial charge in [-0.05, 0) is 31.0 Å². The summed E-state index contributed by atoms with van der Waals surface area (Å²) in [5.74, 6) is 0. The lowest BCUT2D eigenvalue weighted by atomic mass is 10.2. The molecule has 0 aliphatic heterocycles. The number of nitrogen functional groups attached to an aromatic ring is 1. The second-order valence-corrected chi connectivity index (χ2v) is 5.68. The van der Waals surface area contributed by atoms with Crippen LogP contribution in [0.5, 0.6) is 0 Å². The Labute approximate surface area is 101 Å². The van der Waals surface area contributed by atoms with Crippen LogP contribution >= 0.6 is 0 Å². The van der Waals surface area contributed by atoms with E-state index in [1.807, 2.05) is 0 Å². The van der Waals surface area contributed by atoms with Gasteiger partial charge < -0.3 is 11.1 Å². The lowest BCUT2D eigenvalue weighted by molar-refractivity contribution is 0.598. The quantitative estimate of drug-likeness (QED) is 0.554. The number of benzene rings is 1. The van der Waals surface area contributed by atoms with Crippen molar-refractivity contribution in [2.45, 2.75) is 23.8 Å². The van der Waals surface area contributed by atoms with E-state index >= 15 is 0 Å². The summed E-state index contributed by atoms with van der Waals surface area (Å²) in [6.07, 6.45) is 6.04. The van der Waals surface area contributed by atoms with Crippen molar-refractivity contribution in [1.29, 1.82) is 0 Å². The molecule has 6 heteroatoms. The van der Waals surface area contributed by atoms with Gasteiger partial charge in [0.15, 0.2) is 0 Å². The van der Waals surface area contributed by atoms with E-state index in [-0.39, 0.29) is 4.90 Å². The molecule has 0 saturated heterocycles. The zero-order valence-electron chi connectivity index (χ0n) is 9.26. The number of rotatable bonds is 3.